The van der Waals surface area contributed by atoms with Crippen LogP contribution in [-0.2, 0) is 6.54 Å². The number of para-hydroxylation sites is 1. The summed E-state index contributed by atoms with van der Waals surface area (Å²) < 4.78 is 14.1. The molecule has 7 heteroatoms. The maximum Gasteiger partial charge on any atom is 0.225 e. The van der Waals surface area contributed by atoms with Crippen LogP contribution in [0.5, 0.6) is 0 Å². The van der Waals surface area contributed by atoms with Gasteiger partial charge in [0.25, 0.3) is 0 Å². The third kappa shape index (κ3) is 4.91. The summed E-state index contributed by atoms with van der Waals surface area (Å²) in [5, 5.41) is 8.59. The highest BCUT2D eigenvalue weighted by Gasteiger charge is 2.23. The first-order chi connectivity index (χ1) is 14.9. The molecule has 0 spiro atoms. The van der Waals surface area contributed by atoms with E-state index < -0.39 is 0 Å². The summed E-state index contributed by atoms with van der Waals surface area (Å²) in [4.78, 5) is 11.5. The Bertz CT molecular complexity index is 1060. The minimum atomic E-state index is -0.247. The molecular formula is C24H29ClFN5. The summed E-state index contributed by atoms with van der Waals surface area (Å²) in [5.41, 5.74) is 2.40. The summed E-state index contributed by atoms with van der Waals surface area (Å²) in [6.45, 7) is 2.35. The number of nitrogens with one attached hydrogen (secondary N) is 2. The van der Waals surface area contributed by atoms with Crippen LogP contribution in [0, 0.1) is 12.7 Å². The minimum absolute atomic E-state index is 0.247. The van der Waals surface area contributed by atoms with E-state index >= 15 is 0 Å². The van der Waals surface area contributed by atoms with E-state index in [2.05, 4.69) is 16.7 Å². The molecule has 31 heavy (non-hydrogen) atoms. The molecule has 0 atom stereocenters. The van der Waals surface area contributed by atoms with Gasteiger partial charge in [0.05, 0.1) is 10.5 Å². The maximum atomic E-state index is 14.1. The fraction of sp³-hybridized carbons (Fsp3) is 0.417. The van der Waals surface area contributed by atoms with Crippen LogP contribution < -0.4 is 15.5 Å². The van der Waals surface area contributed by atoms with Crippen molar-refractivity contribution in [1.82, 2.24) is 15.3 Å². The number of halogens is 2. The molecule has 1 fully saturated rings. The van der Waals surface area contributed by atoms with Crippen LogP contribution in [0.1, 0.15) is 36.8 Å². The van der Waals surface area contributed by atoms with Gasteiger partial charge in [-0.05, 0) is 56.4 Å². The van der Waals surface area contributed by atoms with Gasteiger partial charge in [-0.3, -0.25) is 0 Å². The van der Waals surface area contributed by atoms with Gasteiger partial charge in [0.15, 0.2) is 0 Å². The lowest BCUT2D eigenvalue weighted by Gasteiger charge is -2.30. The molecule has 4 rings (SSSR count). The van der Waals surface area contributed by atoms with E-state index in [9.17, 15) is 4.39 Å². The first-order valence-electron chi connectivity index (χ1n) is 10.8. The highest BCUT2D eigenvalue weighted by atomic mass is 35.5. The standard InChI is InChI=1S/C24H29ClFN5/c1-15-8-13-20(26)19(22(15)25)14-27-16-9-11-17(12-10-16)28-24-29-21-7-5-4-6-18(21)23(30-24)31(2)3/h4-8,13,16-17,27H,9-12,14H2,1-3H3,(H,28,29,30). The van der Waals surface area contributed by atoms with Crippen LogP contribution >= 0.6 is 11.6 Å². The van der Waals surface area contributed by atoms with E-state index in [1.807, 2.05) is 44.1 Å². The van der Waals surface area contributed by atoms with Crippen molar-refractivity contribution in [3.8, 4) is 0 Å². The normalized spacial score (nSPS) is 18.9. The number of fused-ring (bicyclic) bond motifs is 1. The lowest BCUT2D eigenvalue weighted by atomic mass is 9.91. The lowest BCUT2D eigenvalue weighted by molar-refractivity contribution is 0.350. The number of nitrogens with zero attached hydrogens (tertiary/aromatic N) is 3. The Morgan fingerprint density at radius 1 is 1.03 bits per heavy atom. The zero-order chi connectivity index (χ0) is 22.0. The van der Waals surface area contributed by atoms with Crippen LogP contribution in [0.4, 0.5) is 16.2 Å². The van der Waals surface area contributed by atoms with Gasteiger partial charge in [0.2, 0.25) is 5.95 Å². The van der Waals surface area contributed by atoms with Crippen LogP contribution in [0.2, 0.25) is 5.02 Å². The summed E-state index contributed by atoms with van der Waals surface area (Å²) in [5.74, 6) is 1.34. The predicted molar refractivity (Wildman–Crippen MR) is 127 cm³/mol. The Labute approximate surface area is 188 Å². The smallest absolute Gasteiger partial charge is 0.225 e. The van der Waals surface area contributed by atoms with Crippen LogP contribution in [-0.4, -0.2) is 36.1 Å². The number of rotatable bonds is 6. The second kappa shape index (κ2) is 9.37. The minimum Gasteiger partial charge on any atom is -0.362 e. The number of anilines is 2. The molecule has 164 valence electrons. The molecule has 5 nitrogen and oxygen atoms in total. The van der Waals surface area contributed by atoms with Gasteiger partial charge in [-0.25, -0.2) is 9.37 Å². The van der Waals surface area contributed by atoms with Crippen molar-refractivity contribution >= 4 is 34.3 Å². The average Bonchev–Trinajstić information content (AvgIpc) is 2.77. The topological polar surface area (TPSA) is 53.1 Å². The first-order valence-corrected chi connectivity index (χ1v) is 11.2. The van der Waals surface area contributed by atoms with E-state index in [1.165, 1.54) is 6.07 Å². The maximum absolute atomic E-state index is 14.1. The number of hydrogen-bond acceptors (Lipinski definition) is 5. The van der Waals surface area contributed by atoms with Gasteiger partial charge in [-0.2, -0.15) is 4.98 Å². The number of benzene rings is 2. The summed E-state index contributed by atoms with van der Waals surface area (Å²) in [6.07, 6.45) is 4.04. The third-order valence-electron chi connectivity index (χ3n) is 6.01. The van der Waals surface area contributed by atoms with Gasteiger partial charge in [0, 0.05) is 43.7 Å². The molecule has 0 saturated heterocycles. The highest BCUT2D eigenvalue weighted by Crippen LogP contribution is 2.27. The molecule has 2 N–H and O–H groups in total. The quantitative estimate of drug-likeness (QED) is 0.543. The van der Waals surface area contributed by atoms with Crippen molar-refractivity contribution < 1.29 is 4.39 Å². The second-order valence-corrected chi connectivity index (χ2v) is 8.89. The van der Waals surface area contributed by atoms with Gasteiger partial charge in [-0.1, -0.05) is 29.8 Å². The number of aromatic nitrogens is 2. The monoisotopic (exact) mass is 441 g/mol. The first kappa shape index (κ1) is 21.8. The fourth-order valence-corrected chi connectivity index (χ4v) is 4.43. The Balaban J connectivity index is 1.36. The van der Waals surface area contributed by atoms with Crippen LogP contribution in [0.3, 0.4) is 0 Å². The highest BCUT2D eigenvalue weighted by molar-refractivity contribution is 6.32. The molecule has 0 unspecified atom stereocenters. The molecular weight excluding hydrogens is 413 g/mol. The molecule has 0 radical (unpaired) electrons. The SMILES string of the molecule is Cc1ccc(F)c(CNC2CCC(Nc3nc(N(C)C)c4ccccc4n3)CC2)c1Cl. The van der Waals surface area contributed by atoms with E-state index in [-0.39, 0.29) is 5.82 Å². The molecule has 0 aliphatic heterocycles. The molecule has 2 aromatic carbocycles. The molecule has 1 aliphatic carbocycles. The number of hydrogen-bond donors (Lipinski definition) is 2. The largest absolute Gasteiger partial charge is 0.362 e. The van der Waals surface area contributed by atoms with Crippen LogP contribution in [0.25, 0.3) is 10.9 Å². The summed E-state index contributed by atoms with van der Waals surface area (Å²) in [7, 11) is 4.00. The zero-order valence-electron chi connectivity index (χ0n) is 18.3. The number of aryl methyl sites for hydroxylation is 1. The molecule has 1 saturated carbocycles. The fourth-order valence-electron chi connectivity index (χ4n) is 4.21. The molecule has 1 heterocycles. The Morgan fingerprint density at radius 3 is 2.48 bits per heavy atom. The molecule has 0 amide bonds. The van der Waals surface area contributed by atoms with Crippen molar-refractivity contribution in [3.63, 3.8) is 0 Å². The van der Waals surface area contributed by atoms with Crippen molar-refractivity contribution in [2.24, 2.45) is 0 Å². The molecule has 1 aliphatic rings. The zero-order valence-corrected chi connectivity index (χ0v) is 19.0. The summed E-state index contributed by atoms with van der Waals surface area (Å²) >= 11 is 6.30. The van der Waals surface area contributed by atoms with Gasteiger partial charge >= 0.3 is 0 Å². The van der Waals surface area contributed by atoms with Gasteiger partial charge in [0.1, 0.15) is 11.6 Å². The Morgan fingerprint density at radius 2 is 1.74 bits per heavy atom. The second-order valence-electron chi connectivity index (χ2n) is 8.51. The van der Waals surface area contributed by atoms with Crippen molar-refractivity contribution in [2.45, 2.75) is 51.2 Å². The molecule has 0 bridgehead atoms. The van der Waals surface area contributed by atoms with Crippen molar-refractivity contribution in [2.75, 3.05) is 24.3 Å². The van der Waals surface area contributed by atoms with E-state index in [0.717, 1.165) is 48.0 Å². The van der Waals surface area contributed by atoms with E-state index in [4.69, 9.17) is 21.6 Å². The third-order valence-corrected chi connectivity index (χ3v) is 6.54. The van der Waals surface area contributed by atoms with Crippen molar-refractivity contribution in [3.05, 3.63) is 58.4 Å². The van der Waals surface area contributed by atoms with Crippen LogP contribution in [0.15, 0.2) is 36.4 Å². The molecule has 1 aromatic heterocycles. The van der Waals surface area contributed by atoms with E-state index in [0.29, 0.717) is 35.2 Å². The Hall–Kier alpha value is -2.44. The lowest BCUT2D eigenvalue weighted by Crippen LogP contribution is -2.37. The van der Waals surface area contributed by atoms with E-state index in [1.54, 1.807) is 6.07 Å². The Kier molecular flexibility index (Phi) is 6.58. The molecule has 3 aromatic rings. The summed E-state index contributed by atoms with van der Waals surface area (Å²) in [6, 6.07) is 12.0. The average molecular weight is 442 g/mol. The van der Waals surface area contributed by atoms with Crippen molar-refractivity contribution in [1.29, 1.82) is 0 Å². The van der Waals surface area contributed by atoms with Gasteiger partial charge < -0.3 is 15.5 Å². The van der Waals surface area contributed by atoms with Gasteiger partial charge in [-0.15, -0.1) is 0 Å². The predicted octanol–water partition coefficient (Wildman–Crippen LogP) is 5.31.